The highest BCUT2D eigenvalue weighted by Gasteiger charge is 2.19. The van der Waals surface area contributed by atoms with Gasteiger partial charge in [-0.05, 0) is 17.7 Å². The third-order valence-corrected chi connectivity index (χ3v) is 2.62. The molecule has 0 fully saturated rings. The van der Waals surface area contributed by atoms with Crippen molar-refractivity contribution >= 4 is 28.9 Å². The van der Waals surface area contributed by atoms with Gasteiger partial charge in [-0.1, -0.05) is 0 Å². The lowest BCUT2D eigenvalue weighted by molar-refractivity contribution is -0.119. The summed E-state index contributed by atoms with van der Waals surface area (Å²) in [6, 6.07) is 3.50. The smallest absolute Gasteiger partial charge is 0.239 e. The number of benzene rings is 1. The van der Waals surface area contributed by atoms with Crippen molar-refractivity contribution in [2.24, 2.45) is 0 Å². The van der Waals surface area contributed by atoms with Gasteiger partial charge >= 0.3 is 0 Å². The van der Waals surface area contributed by atoms with Gasteiger partial charge in [0, 0.05) is 12.7 Å². The van der Waals surface area contributed by atoms with Gasteiger partial charge in [0.25, 0.3) is 0 Å². The van der Waals surface area contributed by atoms with Crippen molar-refractivity contribution in [2.45, 2.75) is 6.42 Å². The zero-order valence-electron chi connectivity index (χ0n) is 9.46. The van der Waals surface area contributed by atoms with E-state index in [0.29, 0.717) is 17.8 Å². The molecule has 6 heteroatoms. The molecule has 0 aliphatic carbocycles. The van der Waals surface area contributed by atoms with Crippen LogP contribution in [0.4, 0.5) is 17.1 Å². The second-order valence-corrected chi connectivity index (χ2v) is 3.85. The summed E-state index contributed by atoms with van der Waals surface area (Å²) >= 11 is 0. The van der Waals surface area contributed by atoms with E-state index >= 15 is 0 Å². The summed E-state index contributed by atoms with van der Waals surface area (Å²) in [7, 11) is 1.57. The van der Waals surface area contributed by atoms with Gasteiger partial charge in [-0.15, -0.1) is 0 Å². The molecule has 1 aliphatic rings. The number of anilines is 3. The van der Waals surface area contributed by atoms with Crippen LogP contribution in [0.2, 0.25) is 0 Å². The van der Waals surface area contributed by atoms with E-state index in [-0.39, 0.29) is 18.4 Å². The van der Waals surface area contributed by atoms with Crippen LogP contribution in [0.1, 0.15) is 5.56 Å². The van der Waals surface area contributed by atoms with Gasteiger partial charge in [0.05, 0.1) is 24.3 Å². The highest BCUT2D eigenvalue weighted by Crippen LogP contribution is 2.31. The average Bonchev–Trinajstić information content (AvgIpc) is 2.64. The monoisotopic (exact) mass is 234 g/mol. The van der Waals surface area contributed by atoms with Crippen molar-refractivity contribution in [1.29, 1.82) is 0 Å². The zero-order valence-corrected chi connectivity index (χ0v) is 9.46. The number of carbonyl (C=O) groups excluding carboxylic acids is 2. The van der Waals surface area contributed by atoms with Crippen LogP contribution >= 0.6 is 0 Å². The van der Waals surface area contributed by atoms with Crippen molar-refractivity contribution in [3.63, 3.8) is 0 Å². The minimum Gasteiger partial charge on any atom is -0.397 e. The Kier molecular flexibility index (Phi) is 2.86. The van der Waals surface area contributed by atoms with E-state index < -0.39 is 0 Å². The summed E-state index contributed by atoms with van der Waals surface area (Å²) < 4.78 is 0. The molecule has 2 rings (SSSR count). The molecular formula is C11H14N4O2. The fraction of sp³-hybridized carbons (Fsp3) is 0.273. The SMILES string of the molecule is CNC(=O)CNc1cc2c(cc1N)CC(=O)N2. The number of amides is 2. The first kappa shape index (κ1) is 11.3. The van der Waals surface area contributed by atoms with Crippen molar-refractivity contribution in [2.75, 3.05) is 30.0 Å². The van der Waals surface area contributed by atoms with Crippen LogP contribution in [-0.2, 0) is 16.0 Å². The molecule has 0 aromatic heterocycles. The Morgan fingerprint density at radius 1 is 1.53 bits per heavy atom. The molecule has 0 spiro atoms. The largest absolute Gasteiger partial charge is 0.397 e. The fourth-order valence-corrected chi connectivity index (χ4v) is 1.71. The van der Waals surface area contributed by atoms with Crippen LogP contribution in [0.15, 0.2) is 12.1 Å². The Balaban J connectivity index is 2.16. The molecule has 6 nitrogen and oxygen atoms in total. The predicted octanol–water partition coefficient (Wildman–Crippen LogP) is -0.0787. The highest BCUT2D eigenvalue weighted by atomic mass is 16.2. The van der Waals surface area contributed by atoms with E-state index in [1.165, 1.54) is 0 Å². The number of rotatable bonds is 3. The molecule has 1 aromatic rings. The third-order valence-electron chi connectivity index (χ3n) is 2.62. The number of hydrogen-bond acceptors (Lipinski definition) is 4. The van der Waals surface area contributed by atoms with Gasteiger partial charge in [-0.2, -0.15) is 0 Å². The summed E-state index contributed by atoms with van der Waals surface area (Å²) in [4.78, 5) is 22.3. The number of fused-ring (bicyclic) bond motifs is 1. The van der Waals surface area contributed by atoms with Crippen LogP contribution in [0.25, 0.3) is 0 Å². The third kappa shape index (κ3) is 2.30. The van der Waals surface area contributed by atoms with Crippen LogP contribution < -0.4 is 21.7 Å². The van der Waals surface area contributed by atoms with Crippen molar-refractivity contribution in [3.05, 3.63) is 17.7 Å². The maximum Gasteiger partial charge on any atom is 0.239 e. The number of nitrogens with two attached hydrogens (primary N) is 1. The number of nitrogens with one attached hydrogen (secondary N) is 3. The summed E-state index contributed by atoms with van der Waals surface area (Å²) in [6.45, 7) is 0.146. The molecule has 90 valence electrons. The summed E-state index contributed by atoms with van der Waals surface area (Å²) in [5, 5.41) is 8.15. The Morgan fingerprint density at radius 2 is 2.29 bits per heavy atom. The number of hydrogen-bond donors (Lipinski definition) is 4. The Labute approximate surface area is 98.6 Å². The zero-order chi connectivity index (χ0) is 12.4. The second-order valence-electron chi connectivity index (χ2n) is 3.85. The molecule has 5 N–H and O–H groups in total. The van der Waals surface area contributed by atoms with E-state index in [4.69, 9.17) is 5.73 Å². The number of likely N-dealkylation sites (N-methyl/N-ethyl adjacent to an activating group) is 1. The summed E-state index contributed by atoms with van der Waals surface area (Å²) in [5.74, 6) is -0.170. The van der Waals surface area contributed by atoms with Crippen LogP contribution in [0.3, 0.4) is 0 Å². The molecule has 1 aromatic carbocycles. The lowest BCUT2D eigenvalue weighted by atomic mass is 10.1. The van der Waals surface area contributed by atoms with Crippen LogP contribution in [-0.4, -0.2) is 25.4 Å². The minimum atomic E-state index is -0.131. The first-order valence-electron chi connectivity index (χ1n) is 5.27. The van der Waals surface area contributed by atoms with Crippen LogP contribution in [0.5, 0.6) is 0 Å². The van der Waals surface area contributed by atoms with Crippen LogP contribution in [0, 0.1) is 0 Å². The molecule has 0 saturated carbocycles. The van der Waals surface area contributed by atoms with Gasteiger partial charge in [0.2, 0.25) is 11.8 Å². The van der Waals surface area contributed by atoms with E-state index in [0.717, 1.165) is 11.3 Å². The fourth-order valence-electron chi connectivity index (χ4n) is 1.71. The molecule has 0 atom stereocenters. The van der Waals surface area contributed by atoms with Gasteiger partial charge in [0.15, 0.2) is 0 Å². The number of nitrogen functional groups attached to an aromatic ring is 1. The first-order valence-corrected chi connectivity index (χ1v) is 5.27. The Bertz CT molecular complexity index is 485. The van der Waals surface area contributed by atoms with Crippen molar-refractivity contribution < 1.29 is 9.59 Å². The lowest BCUT2D eigenvalue weighted by Crippen LogP contribution is -2.26. The topological polar surface area (TPSA) is 96.2 Å². The van der Waals surface area contributed by atoms with E-state index in [9.17, 15) is 9.59 Å². The molecule has 0 radical (unpaired) electrons. The van der Waals surface area contributed by atoms with Gasteiger partial charge in [0.1, 0.15) is 0 Å². The maximum absolute atomic E-state index is 11.2. The molecule has 1 aliphatic heterocycles. The highest BCUT2D eigenvalue weighted by molar-refractivity contribution is 6.01. The quantitative estimate of drug-likeness (QED) is 0.550. The molecule has 2 amide bonds. The van der Waals surface area contributed by atoms with E-state index in [2.05, 4.69) is 16.0 Å². The van der Waals surface area contributed by atoms with E-state index in [1.807, 2.05) is 0 Å². The lowest BCUT2D eigenvalue weighted by Gasteiger charge is -2.10. The second kappa shape index (κ2) is 4.32. The van der Waals surface area contributed by atoms with Gasteiger partial charge < -0.3 is 21.7 Å². The predicted molar refractivity (Wildman–Crippen MR) is 65.7 cm³/mol. The summed E-state index contributed by atoms with van der Waals surface area (Å²) in [6.07, 6.45) is 0.356. The maximum atomic E-state index is 11.2. The standard InChI is InChI=1S/C11H14N4O2/c1-13-11(17)5-14-9-4-8-6(2-7(9)12)3-10(16)15-8/h2,4,14H,3,5,12H2,1H3,(H,13,17)(H,15,16). The molecule has 0 unspecified atom stereocenters. The Morgan fingerprint density at radius 3 is 3.00 bits per heavy atom. The van der Waals surface area contributed by atoms with E-state index in [1.54, 1.807) is 19.2 Å². The molecule has 17 heavy (non-hydrogen) atoms. The molecule has 0 bridgehead atoms. The summed E-state index contributed by atoms with van der Waals surface area (Å²) in [5.41, 5.74) is 8.65. The molecule has 0 saturated heterocycles. The Hall–Kier alpha value is -2.24. The first-order chi connectivity index (χ1) is 8.10. The average molecular weight is 234 g/mol. The normalized spacial score (nSPS) is 12.9. The molecule has 1 heterocycles. The van der Waals surface area contributed by atoms with Crippen molar-refractivity contribution in [1.82, 2.24) is 5.32 Å². The van der Waals surface area contributed by atoms with Gasteiger partial charge in [-0.25, -0.2) is 0 Å². The number of carbonyl (C=O) groups is 2. The molecular weight excluding hydrogens is 220 g/mol. The van der Waals surface area contributed by atoms with Gasteiger partial charge in [-0.3, -0.25) is 9.59 Å². The van der Waals surface area contributed by atoms with Crippen molar-refractivity contribution in [3.8, 4) is 0 Å². The minimum absolute atomic E-state index is 0.0390.